The number of esters is 1. The zero-order valence-corrected chi connectivity index (χ0v) is 14.6. The molecule has 0 aliphatic heterocycles. The molecule has 1 N–H and O–H groups in total. The summed E-state index contributed by atoms with van der Waals surface area (Å²) >= 11 is 0. The smallest absolute Gasteiger partial charge is 0.308 e. The number of amides is 1. The van der Waals surface area contributed by atoms with Crippen molar-refractivity contribution >= 4 is 17.6 Å². The zero-order valence-electron chi connectivity index (χ0n) is 14.6. The molecule has 0 saturated carbocycles. The van der Waals surface area contributed by atoms with Crippen LogP contribution in [0.15, 0.2) is 18.2 Å². The van der Waals surface area contributed by atoms with Crippen molar-refractivity contribution in [3.63, 3.8) is 0 Å². The van der Waals surface area contributed by atoms with Gasteiger partial charge in [-0.2, -0.15) is 5.26 Å². The van der Waals surface area contributed by atoms with Crippen molar-refractivity contribution < 1.29 is 19.1 Å². The minimum absolute atomic E-state index is 0.219. The fraction of sp³-hybridized carbons (Fsp3) is 0.500. The molecule has 0 aromatic heterocycles. The molecule has 1 amide bonds. The molecule has 24 heavy (non-hydrogen) atoms. The molecule has 130 valence electrons. The van der Waals surface area contributed by atoms with Crippen molar-refractivity contribution in [2.24, 2.45) is 0 Å². The molecule has 0 bridgehead atoms. The monoisotopic (exact) mass is 332 g/mol. The Morgan fingerprint density at radius 3 is 2.58 bits per heavy atom. The van der Waals surface area contributed by atoms with Crippen LogP contribution < -0.4 is 10.1 Å². The van der Waals surface area contributed by atoms with Crippen LogP contribution in [0.1, 0.15) is 52.5 Å². The van der Waals surface area contributed by atoms with Gasteiger partial charge in [0.2, 0.25) is 0 Å². The molecule has 1 aromatic carbocycles. The van der Waals surface area contributed by atoms with Gasteiger partial charge in [0.25, 0.3) is 5.91 Å². The molecule has 0 heterocycles. The lowest BCUT2D eigenvalue weighted by atomic mass is 9.97. The predicted molar refractivity (Wildman–Crippen MR) is 90.7 cm³/mol. The van der Waals surface area contributed by atoms with Gasteiger partial charge in [0.1, 0.15) is 17.4 Å². The highest BCUT2D eigenvalue weighted by Gasteiger charge is 2.33. The Hall–Kier alpha value is -2.39. The number of hydrogen-bond acceptors (Lipinski definition) is 5. The number of unbranched alkanes of at least 4 members (excludes halogenated alkanes) is 1. The van der Waals surface area contributed by atoms with Crippen molar-refractivity contribution in [1.82, 2.24) is 0 Å². The first-order valence-electron chi connectivity index (χ1n) is 8.04. The van der Waals surface area contributed by atoms with E-state index in [0.717, 1.165) is 12.8 Å². The maximum absolute atomic E-state index is 12.6. The summed E-state index contributed by atoms with van der Waals surface area (Å²) in [5.74, 6) is -0.510. The van der Waals surface area contributed by atoms with E-state index in [1.54, 1.807) is 13.0 Å². The fourth-order valence-corrected chi connectivity index (χ4v) is 2.29. The van der Waals surface area contributed by atoms with E-state index in [2.05, 4.69) is 5.32 Å². The maximum atomic E-state index is 12.6. The number of carbonyl (C=O) groups excluding carboxylic acids is 2. The number of ether oxygens (including phenoxy) is 2. The largest absolute Gasteiger partial charge is 0.427 e. The second-order valence-electron chi connectivity index (χ2n) is 5.63. The van der Waals surface area contributed by atoms with E-state index in [1.165, 1.54) is 19.1 Å². The van der Waals surface area contributed by atoms with Gasteiger partial charge in [0, 0.05) is 19.6 Å². The van der Waals surface area contributed by atoms with Crippen LogP contribution in [0.4, 0.5) is 5.69 Å². The van der Waals surface area contributed by atoms with Crippen LogP contribution in [0.2, 0.25) is 0 Å². The van der Waals surface area contributed by atoms with Gasteiger partial charge in [0.05, 0.1) is 11.3 Å². The SMILES string of the molecule is CCCCC(C)(OCC)C(=O)Nc1ccc(OC(C)=O)cc1C#N. The van der Waals surface area contributed by atoms with Crippen molar-refractivity contribution in [3.05, 3.63) is 23.8 Å². The van der Waals surface area contributed by atoms with E-state index < -0.39 is 11.6 Å². The van der Waals surface area contributed by atoms with Gasteiger partial charge in [-0.15, -0.1) is 0 Å². The first kappa shape index (κ1) is 19.7. The quantitative estimate of drug-likeness (QED) is 0.582. The maximum Gasteiger partial charge on any atom is 0.308 e. The molecule has 1 unspecified atom stereocenters. The third-order valence-electron chi connectivity index (χ3n) is 3.57. The summed E-state index contributed by atoms with van der Waals surface area (Å²) in [6.45, 7) is 7.34. The summed E-state index contributed by atoms with van der Waals surface area (Å²) in [5.41, 5.74) is -0.372. The van der Waals surface area contributed by atoms with Gasteiger partial charge in [0.15, 0.2) is 0 Å². The average Bonchev–Trinajstić information content (AvgIpc) is 2.54. The Labute approximate surface area is 142 Å². The van der Waals surface area contributed by atoms with Crippen LogP contribution >= 0.6 is 0 Å². The highest BCUT2D eigenvalue weighted by molar-refractivity contribution is 5.98. The number of benzene rings is 1. The number of nitrogens with zero attached hydrogens (tertiary/aromatic N) is 1. The van der Waals surface area contributed by atoms with Crippen molar-refractivity contribution in [3.8, 4) is 11.8 Å². The summed E-state index contributed by atoms with van der Waals surface area (Å²) in [6, 6.07) is 6.48. The summed E-state index contributed by atoms with van der Waals surface area (Å²) in [7, 11) is 0. The van der Waals surface area contributed by atoms with Crippen LogP contribution in [-0.2, 0) is 14.3 Å². The Morgan fingerprint density at radius 1 is 1.33 bits per heavy atom. The molecule has 6 heteroatoms. The third-order valence-corrected chi connectivity index (χ3v) is 3.57. The van der Waals surface area contributed by atoms with Crippen molar-refractivity contribution in [1.29, 1.82) is 5.26 Å². The van der Waals surface area contributed by atoms with E-state index in [9.17, 15) is 14.9 Å². The highest BCUT2D eigenvalue weighted by atomic mass is 16.5. The van der Waals surface area contributed by atoms with E-state index in [1.807, 2.05) is 19.9 Å². The van der Waals surface area contributed by atoms with Crippen molar-refractivity contribution in [2.75, 3.05) is 11.9 Å². The van der Waals surface area contributed by atoms with E-state index in [-0.39, 0.29) is 17.2 Å². The van der Waals surface area contributed by atoms with Crippen LogP contribution in [0.25, 0.3) is 0 Å². The molecule has 0 aliphatic rings. The Kier molecular flexibility index (Phi) is 7.40. The zero-order chi connectivity index (χ0) is 18.2. The summed E-state index contributed by atoms with van der Waals surface area (Å²) < 4.78 is 10.6. The molecule has 0 aliphatic carbocycles. The van der Waals surface area contributed by atoms with E-state index >= 15 is 0 Å². The lowest BCUT2D eigenvalue weighted by Crippen LogP contribution is -2.43. The number of hydrogen-bond donors (Lipinski definition) is 1. The molecular formula is C18H24N2O4. The van der Waals surface area contributed by atoms with Gasteiger partial charge in [-0.3, -0.25) is 9.59 Å². The number of nitriles is 1. The van der Waals surface area contributed by atoms with Gasteiger partial charge in [-0.25, -0.2) is 0 Å². The Bertz CT molecular complexity index is 636. The molecule has 0 spiro atoms. The third kappa shape index (κ3) is 5.36. The first-order valence-corrected chi connectivity index (χ1v) is 8.04. The number of rotatable bonds is 8. The minimum atomic E-state index is -0.952. The second kappa shape index (κ2) is 9.04. The molecule has 1 rings (SSSR count). The lowest BCUT2D eigenvalue weighted by molar-refractivity contribution is -0.139. The average molecular weight is 332 g/mol. The van der Waals surface area contributed by atoms with Gasteiger partial charge in [-0.1, -0.05) is 19.8 Å². The Morgan fingerprint density at radius 2 is 2.04 bits per heavy atom. The summed E-state index contributed by atoms with van der Waals surface area (Å²) in [6.07, 6.45) is 2.41. The molecule has 1 aromatic rings. The van der Waals surface area contributed by atoms with Crippen LogP contribution in [0.3, 0.4) is 0 Å². The van der Waals surface area contributed by atoms with Crippen LogP contribution in [0.5, 0.6) is 5.75 Å². The van der Waals surface area contributed by atoms with E-state index in [0.29, 0.717) is 18.7 Å². The predicted octanol–water partition coefficient (Wildman–Crippen LogP) is 3.41. The normalized spacial score (nSPS) is 12.8. The molecule has 1 atom stereocenters. The Balaban J connectivity index is 2.99. The van der Waals surface area contributed by atoms with Gasteiger partial charge in [-0.05, 0) is 32.4 Å². The highest BCUT2D eigenvalue weighted by Crippen LogP contribution is 2.25. The second-order valence-corrected chi connectivity index (χ2v) is 5.63. The number of nitrogens with one attached hydrogen (secondary N) is 1. The molecule has 0 radical (unpaired) electrons. The fourth-order valence-electron chi connectivity index (χ4n) is 2.29. The summed E-state index contributed by atoms with van der Waals surface area (Å²) in [4.78, 5) is 23.6. The van der Waals surface area contributed by atoms with Crippen LogP contribution in [-0.4, -0.2) is 24.1 Å². The molecule has 6 nitrogen and oxygen atoms in total. The summed E-state index contributed by atoms with van der Waals surface area (Å²) in [5, 5.41) is 12.0. The molecule has 0 fully saturated rings. The molecule has 0 saturated heterocycles. The molecular weight excluding hydrogens is 308 g/mol. The van der Waals surface area contributed by atoms with Gasteiger partial charge < -0.3 is 14.8 Å². The van der Waals surface area contributed by atoms with Gasteiger partial charge >= 0.3 is 5.97 Å². The minimum Gasteiger partial charge on any atom is -0.427 e. The first-order chi connectivity index (χ1) is 11.4. The van der Waals surface area contributed by atoms with Crippen molar-refractivity contribution in [2.45, 2.75) is 52.6 Å². The van der Waals surface area contributed by atoms with Crippen LogP contribution in [0, 0.1) is 11.3 Å². The number of anilines is 1. The van der Waals surface area contributed by atoms with E-state index in [4.69, 9.17) is 9.47 Å². The topological polar surface area (TPSA) is 88.4 Å². The number of carbonyl (C=O) groups is 2. The standard InChI is InChI=1S/C18H24N2O4/c1-5-7-10-18(4,23-6-2)17(22)20-16-9-8-15(24-13(3)21)11-14(16)12-19/h8-9,11H,5-7,10H2,1-4H3,(H,20,22). The lowest BCUT2D eigenvalue weighted by Gasteiger charge is -2.28.